The van der Waals surface area contributed by atoms with Crippen molar-refractivity contribution < 1.29 is 0 Å². The van der Waals surface area contributed by atoms with Crippen molar-refractivity contribution in [3.63, 3.8) is 0 Å². The molecule has 1 N–H and O–H groups in total. The molecule has 1 aliphatic heterocycles. The number of aromatic nitrogens is 7. The summed E-state index contributed by atoms with van der Waals surface area (Å²) in [5, 5.41) is 17.4. The van der Waals surface area contributed by atoms with Crippen LogP contribution in [0.15, 0.2) is 12.5 Å². The maximum absolute atomic E-state index is 4.38. The minimum Gasteiger partial charge on any atom is -0.369 e. The fourth-order valence-electron chi connectivity index (χ4n) is 3.35. The van der Waals surface area contributed by atoms with Crippen LogP contribution in [0.5, 0.6) is 0 Å². The van der Waals surface area contributed by atoms with Crippen LogP contribution in [0.3, 0.4) is 0 Å². The monoisotopic (exact) mass is 326 g/mol. The van der Waals surface area contributed by atoms with Gasteiger partial charge < -0.3 is 9.88 Å². The molecule has 0 aromatic carbocycles. The van der Waals surface area contributed by atoms with Crippen molar-refractivity contribution >= 4 is 16.9 Å². The number of fused-ring (bicyclic) bond motifs is 2. The zero-order valence-electron chi connectivity index (χ0n) is 14.3. The number of nitrogens with zero attached hydrogens (tertiary/aromatic N) is 7. The SMILES string of the molecule is CC(C)c1nnc2n1C[C@H](CNc1ncnc3c1cnn3C)CC2. The highest BCUT2D eigenvalue weighted by atomic mass is 15.3. The van der Waals surface area contributed by atoms with Crippen molar-refractivity contribution in [2.24, 2.45) is 13.0 Å². The Morgan fingerprint density at radius 3 is 3.00 bits per heavy atom. The summed E-state index contributed by atoms with van der Waals surface area (Å²) >= 11 is 0. The Morgan fingerprint density at radius 1 is 1.29 bits per heavy atom. The molecule has 24 heavy (non-hydrogen) atoms. The summed E-state index contributed by atoms with van der Waals surface area (Å²) in [6.07, 6.45) is 5.50. The van der Waals surface area contributed by atoms with E-state index in [9.17, 15) is 0 Å². The van der Waals surface area contributed by atoms with Gasteiger partial charge in [-0.3, -0.25) is 4.68 Å². The molecule has 4 heterocycles. The average molecular weight is 326 g/mol. The molecule has 0 bridgehead atoms. The first-order chi connectivity index (χ1) is 11.6. The zero-order valence-corrected chi connectivity index (χ0v) is 14.3. The van der Waals surface area contributed by atoms with E-state index in [-0.39, 0.29) is 0 Å². The fraction of sp³-hybridized carbons (Fsp3) is 0.562. The predicted molar refractivity (Wildman–Crippen MR) is 90.7 cm³/mol. The Hall–Kier alpha value is -2.51. The third kappa shape index (κ3) is 2.51. The van der Waals surface area contributed by atoms with Crippen LogP contribution < -0.4 is 5.32 Å². The summed E-state index contributed by atoms with van der Waals surface area (Å²) in [7, 11) is 1.89. The molecular formula is C16H22N8. The van der Waals surface area contributed by atoms with E-state index >= 15 is 0 Å². The minimum absolute atomic E-state index is 0.398. The second-order valence-corrected chi connectivity index (χ2v) is 6.75. The molecular weight excluding hydrogens is 304 g/mol. The maximum atomic E-state index is 4.38. The molecule has 4 rings (SSSR count). The topological polar surface area (TPSA) is 86.3 Å². The van der Waals surface area contributed by atoms with Gasteiger partial charge in [0, 0.05) is 32.5 Å². The number of rotatable bonds is 4. The molecule has 0 spiro atoms. The third-order valence-corrected chi connectivity index (χ3v) is 4.68. The van der Waals surface area contributed by atoms with E-state index < -0.39 is 0 Å². The van der Waals surface area contributed by atoms with Crippen LogP contribution in [-0.2, 0) is 20.0 Å². The van der Waals surface area contributed by atoms with Gasteiger partial charge in [0.2, 0.25) is 0 Å². The molecule has 0 saturated heterocycles. The van der Waals surface area contributed by atoms with Gasteiger partial charge in [-0.05, 0) is 12.3 Å². The molecule has 3 aromatic heterocycles. The number of anilines is 1. The van der Waals surface area contributed by atoms with E-state index in [1.807, 2.05) is 13.2 Å². The predicted octanol–water partition coefficient (Wildman–Crippen LogP) is 1.75. The second kappa shape index (κ2) is 5.85. The molecule has 8 heteroatoms. The molecule has 1 atom stereocenters. The van der Waals surface area contributed by atoms with Gasteiger partial charge in [-0.25, -0.2) is 9.97 Å². The number of hydrogen-bond acceptors (Lipinski definition) is 6. The van der Waals surface area contributed by atoms with Crippen LogP contribution in [0.25, 0.3) is 11.0 Å². The molecule has 0 unspecified atom stereocenters. The first-order valence-electron chi connectivity index (χ1n) is 8.42. The number of nitrogens with one attached hydrogen (secondary N) is 1. The first kappa shape index (κ1) is 15.0. The quantitative estimate of drug-likeness (QED) is 0.786. The van der Waals surface area contributed by atoms with Crippen LogP contribution in [0.2, 0.25) is 0 Å². The van der Waals surface area contributed by atoms with E-state index in [0.717, 1.165) is 54.4 Å². The second-order valence-electron chi connectivity index (χ2n) is 6.75. The summed E-state index contributed by atoms with van der Waals surface area (Å²) < 4.78 is 4.06. The van der Waals surface area contributed by atoms with Crippen molar-refractivity contribution in [1.29, 1.82) is 0 Å². The molecule has 3 aromatic rings. The van der Waals surface area contributed by atoms with Gasteiger partial charge in [0.1, 0.15) is 23.8 Å². The van der Waals surface area contributed by atoms with Crippen LogP contribution in [-0.4, -0.2) is 41.1 Å². The summed E-state index contributed by atoms with van der Waals surface area (Å²) in [5.74, 6) is 3.99. The molecule has 0 fully saturated rings. The fourth-order valence-corrected chi connectivity index (χ4v) is 3.35. The van der Waals surface area contributed by atoms with Crippen molar-refractivity contribution in [3.05, 3.63) is 24.2 Å². The van der Waals surface area contributed by atoms with E-state index in [4.69, 9.17) is 0 Å². The molecule has 0 aliphatic carbocycles. The van der Waals surface area contributed by atoms with Crippen LogP contribution in [0, 0.1) is 5.92 Å². The lowest BCUT2D eigenvalue weighted by atomic mass is 9.98. The number of aryl methyl sites for hydroxylation is 2. The lowest BCUT2D eigenvalue weighted by molar-refractivity contribution is 0.371. The Bertz CT molecular complexity index is 862. The lowest BCUT2D eigenvalue weighted by Crippen LogP contribution is -2.27. The maximum Gasteiger partial charge on any atom is 0.163 e. The van der Waals surface area contributed by atoms with Gasteiger partial charge in [0.25, 0.3) is 0 Å². The Kier molecular flexibility index (Phi) is 3.66. The molecule has 8 nitrogen and oxygen atoms in total. The molecule has 126 valence electrons. The minimum atomic E-state index is 0.398. The Balaban J connectivity index is 1.49. The molecule has 1 aliphatic rings. The summed E-state index contributed by atoms with van der Waals surface area (Å²) in [4.78, 5) is 8.66. The normalized spacial score (nSPS) is 17.4. The van der Waals surface area contributed by atoms with Gasteiger partial charge in [0.15, 0.2) is 5.65 Å². The summed E-state index contributed by atoms with van der Waals surface area (Å²) in [5.41, 5.74) is 0.847. The van der Waals surface area contributed by atoms with Gasteiger partial charge in [-0.2, -0.15) is 5.10 Å². The highest BCUT2D eigenvalue weighted by Crippen LogP contribution is 2.24. The lowest BCUT2D eigenvalue weighted by Gasteiger charge is -2.25. The van der Waals surface area contributed by atoms with E-state index in [0.29, 0.717) is 11.8 Å². The molecule has 0 saturated carbocycles. The number of hydrogen-bond donors (Lipinski definition) is 1. The molecule has 0 amide bonds. The van der Waals surface area contributed by atoms with E-state index in [2.05, 4.69) is 49.0 Å². The van der Waals surface area contributed by atoms with Crippen molar-refractivity contribution in [1.82, 2.24) is 34.5 Å². The van der Waals surface area contributed by atoms with Crippen molar-refractivity contribution in [3.8, 4) is 0 Å². The van der Waals surface area contributed by atoms with E-state index in [1.165, 1.54) is 0 Å². The highest BCUT2D eigenvalue weighted by molar-refractivity contribution is 5.85. The summed E-state index contributed by atoms with van der Waals surface area (Å²) in [6.45, 7) is 6.17. The Morgan fingerprint density at radius 2 is 2.17 bits per heavy atom. The summed E-state index contributed by atoms with van der Waals surface area (Å²) in [6, 6.07) is 0. The van der Waals surface area contributed by atoms with E-state index in [1.54, 1.807) is 11.0 Å². The molecule has 0 radical (unpaired) electrons. The van der Waals surface area contributed by atoms with Gasteiger partial charge in [0.05, 0.1) is 11.6 Å². The van der Waals surface area contributed by atoms with Crippen molar-refractivity contribution in [2.45, 2.75) is 39.2 Å². The highest BCUT2D eigenvalue weighted by Gasteiger charge is 2.24. The van der Waals surface area contributed by atoms with Crippen molar-refractivity contribution in [2.75, 3.05) is 11.9 Å². The largest absolute Gasteiger partial charge is 0.369 e. The standard InChI is InChI=1S/C16H22N8/c1-10(2)15-22-21-13-5-4-11(8-24(13)15)6-17-14-12-7-20-23(3)16(12)19-9-18-14/h7,9-11H,4-6,8H2,1-3H3,(H,17,18,19)/t11-/m0/s1. The average Bonchev–Trinajstić information content (AvgIpc) is 3.17. The zero-order chi connectivity index (χ0) is 16.7. The van der Waals surface area contributed by atoms with Gasteiger partial charge in [-0.15, -0.1) is 10.2 Å². The first-order valence-corrected chi connectivity index (χ1v) is 8.42. The van der Waals surface area contributed by atoms with Crippen LogP contribution >= 0.6 is 0 Å². The van der Waals surface area contributed by atoms with Gasteiger partial charge in [-0.1, -0.05) is 13.8 Å². The smallest absolute Gasteiger partial charge is 0.163 e. The Labute approximate surface area is 140 Å². The van der Waals surface area contributed by atoms with Crippen LogP contribution in [0.1, 0.15) is 37.8 Å². The third-order valence-electron chi connectivity index (χ3n) is 4.68. The van der Waals surface area contributed by atoms with Crippen LogP contribution in [0.4, 0.5) is 5.82 Å². The van der Waals surface area contributed by atoms with Gasteiger partial charge >= 0.3 is 0 Å².